The molecule has 0 aliphatic heterocycles. The molecule has 0 radical (unpaired) electrons. The van der Waals surface area contributed by atoms with Gasteiger partial charge in [-0.05, 0) is 31.5 Å². The highest BCUT2D eigenvalue weighted by molar-refractivity contribution is 7.91. The van der Waals surface area contributed by atoms with E-state index in [1.807, 2.05) is 74.5 Å². The summed E-state index contributed by atoms with van der Waals surface area (Å²) in [5.74, 6) is 0. The SMILES string of the molecule is CC(C)=CCN(Cc1ccccc1)S(=O)(=O)c1nc2ccccc2s1. The molecule has 0 amide bonds. The first-order chi connectivity index (χ1) is 12.0. The van der Waals surface area contributed by atoms with Gasteiger partial charge in [-0.1, -0.05) is 54.1 Å². The number of allylic oxidation sites excluding steroid dienone is 1. The minimum absolute atomic E-state index is 0.145. The van der Waals surface area contributed by atoms with Gasteiger partial charge in [0.1, 0.15) is 0 Å². The van der Waals surface area contributed by atoms with E-state index in [4.69, 9.17) is 0 Å². The molecular weight excluding hydrogens is 352 g/mol. The van der Waals surface area contributed by atoms with Gasteiger partial charge in [0.15, 0.2) is 0 Å². The predicted molar refractivity (Wildman–Crippen MR) is 103 cm³/mol. The fourth-order valence-electron chi connectivity index (χ4n) is 2.39. The Labute approximate surface area is 152 Å². The lowest BCUT2D eigenvalue weighted by Gasteiger charge is -2.19. The van der Waals surface area contributed by atoms with Crippen molar-refractivity contribution in [2.45, 2.75) is 24.7 Å². The molecule has 3 aromatic rings. The molecule has 4 nitrogen and oxygen atoms in total. The normalized spacial score (nSPS) is 11.8. The highest BCUT2D eigenvalue weighted by atomic mass is 32.2. The van der Waals surface area contributed by atoms with Gasteiger partial charge in [0.05, 0.1) is 10.2 Å². The van der Waals surface area contributed by atoms with E-state index in [-0.39, 0.29) is 4.34 Å². The third-order valence-electron chi connectivity index (χ3n) is 3.74. The maximum absolute atomic E-state index is 13.2. The van der Waals surface area contributed by atoms with Crippen molar-refractivity contribution in [2.75, 3.05) is 6.54 Å². The minimum atomic E-state index is -3.66. The molecule has 130 valence electrons. The van der Waals surface area contributed by atoms with E-state index >= 15 is 0 Å². The number of thiazole rings is 1. The van der Waals surface area contributed by atoms with Gasteiger partial charge in [-0.3, -0.25) is 0 Å². The van der Waals surface area contributed by atoms with Gasteiger partial charge in [0.25, 0.3) is 10.0 Å². The standard InChI is InChI=1S/C19H20N2O2S2/c1-15(2)12-13-21(14-16-8-4-3-5-9-16)25(22,23)19-20-17-10-6-7-11-18(17)24-19/h3-12H,13-14H2,1-2H3. The Balaban J connectivity index is 1.98. The molecule has 0 saturated carbocycles. The molecule has 0 fully saturated rings. The van der Waals surface area contributed by atoms with Crippen molar-refractivity contribution in [3.63, 3.8) is 0 Å². The monoisotopic (exact) mass is 372 g/mol. The van der Waals surface area contributed by atoms with Crippen LogP contribution in [0.4, 0.5) is 0 Å². The minimum Gasteiger partial charge on any atom is -0.224 e. The molecule has 0 aliphatic carbocycles. The smallest absolute Gasteiger partial charge is 0.224 e. The Bertz CT molecular complexity index is 955. The molecule has 0 saturated heterocycles. The number of benzene rings is 2. The third kappa shape index (κ3) is 4.15. The van der Waals surface area contributed by atoms with E-state index < -0.39 is 10.0 Å². The van der Waals surface area contributed by atoms with Crippen LogP contribution in [-0.4, -0.2) is 24.3 Å². The summed E-state index contributed by atoms with van der Waals surface area (Å²) < 4.78 is 28.8. The number of aromatic nitrogens is 1. The van der Waals surface area contributed by atoms with Crippen LogP contribution in [0, 0.1) is 0 Å². The number of para-hydroxylation sites is 1. The van der Waals surface area contributed by atoms with E-state index in [1.54, 1.807) is 0 Å². The molecule has 0 unspecified atom stereocenters. The highest BCUT2D eigenvalue weighted by Crippen LogP contribution is 2.28. The van der Waals surface area contributed by atoms with Gasteiger partial charge in [-0.2, -0.15) is 4.31 Å². The average Bonchev–Trinajstić information content (AvgIpc) is 3.04. The predicted octanol–water partition coefficient (Wildman–Crippen LogP) is 4.45. The first-order valence-corrected chi connectivity index (χ1v) is 10.3. The molecule has 1 heterocycles. The first kappa shape index (κ1) is 17.8. The lowest BCUT2D eigenvalue weighted by atomic mass is 10.2. The van der Waals surface area contributed by atoms with E-state index in [0.29, 0.717) is 18.6 Å². The highest BCUT2D eigenvalue weighted by Gasteiger charge is 2.27. The summed E-state index contributed by atoms with van der Waals surface area (Å²) in [6.45, 7) is 4.58. The van der Waals surface area contributed by atoms with E-state index in [9.17, 15) is 8.42 Å². The van der Waals surface area contributed by atoms with Crippen molar-refractivity contribution in [1.82, 2.24) is 9.29 Å². The van der Waals surface area contributed by atoms with E-state index in [0.717, 1.165) is 15.8 Å². The van der Waals surface area contributed by atoms with Crippen LogP contribution in [-0.2, 0) is 16.6 Å². The van der Waals surface area contributed by atoms with Crippen molar-refractivity contribution in [3.05, 3.63) is 71.8 Å². The number of rotatable bonds is 6. The Kier molecular flexibility index (Phi) is 5.32. The van der Waals surface area contributed by atoms with Gasteiger partial charge in [-0.15, -0.1) is 11.3 Å². The van der Waals surface area contributed by atoms with E-state index in [2.05, 4.69) is 4.98 Å². The number of fused-ring (bicyclic) bond motifs is 1. The molecule has 2 aromatic carbocycles. The van der Waals surface area contributed by atoms with Crippen molar-refractivity contribution in [2.24, 2.45) is 0 Å². The zero-order valence-electron chi connectivity index (χ0n) is 14.2. The molecule has 1 aromatic heterocycles. The molecule has 6 heteroatoms. The van der Waals surface area contributed by atoms with Gasteiger partial charge in [0.2, 0.25) is 4.34 Å². The summed E-state index contributed by atoms with van der Waals surface area (Å²) in [6, 6.07) is 17.1. The number of sulfonamides is 1. The third-order valence-corrected chi connectivity index (χ3v) is 6.94. The van der Waals surface area contributed by atoms with Crippen molar-refractivity contribution in [3.8, 4) is 0 Å². The van der Waals surface area contributed by atoms with Gasteiger partial charge in [0, 0.05) is 13.1 Å². The van der Waals surface area contributed by atoms with Gasteiger partial charge >= 0.3 is 0 Å². The van der Waals surface area contributed by atoms with Crippen molar-refractivity contribution >= 4 is 31.6 Å². The summed E-state index contributed by atoms with van der Waals surface area (Å²) in [6.07, 6.45) is 1.92. The fourth-order valence-corrected chi connectivity index (χ4v) is 5.12. The summed E-state index contributed by atoms with van der Waals surface area (Å²) in [5, 5.41) is 0. The summed E-state index contributed by atoms with van der Waals surface area (Å²) >= 11 is 1.22. The second kappa shape index (κ2) is 7.47. The topological polar surface area (TPSA) is 50.3 Å². The number of nitrogens with zero attached hydrogens (tertiary/aromatic N) is 2. The fraction of sp³-hybridized carbons (Fsp3) is 0.211. The van der Waals surface area contributed by atoms with Crippen LogP contribution in [0.1, 0.15) is 19.4 Å². The largest absolute Gasteiger partial charge is 0.271 e. The molecule has 3 rings (SSSR count). The van der Waals surface area contributed by atoms with Crippen LogP contribution < -0.4 is 0 Å². The van der Waals surface area contributed by atoms with Crippen LogP contribution >= 0.6 is 11.3 Å². The molecule has 25 heavy (non-hydrogen) atoms. The van der Waals surface area contributed by atoms with Crippen LogP contribution in [0.25, 0.3) is 10.2 Å². The molecule has 0 N–H and O–H groups in total. The summed E-state index contributed by atoms with van der Waals surface area (Å²) in [5.41, 5.74) is 2.75. The molecule has 0 bridgehead atoms. The molecule has 0 atom stereocenters. The summed E-state index contributed by atoms with van der Waals surface area (Å²) in [7, 11) is -3.66. The van der Waals surface area contributed by atoms with Crippen LogP contribution in [0.5, 0.6) is 0 Å². The molecule has 0 aliphatic rings. The zero-order chi connectivity index (χ0) is 17.9. The lowest BCUT2D eigenvalue weighted by Crippen LogP contribution is -2.31. The quantitative estimate of drug-likeness (QED) is 0.601. The Morgan fingerprint density at radius 3 is 2.44 bits per heavy atom. The second-order valence-electron chi connectivity index (χ2n) is 6.01. The van der Waals surface area contributed by atoms with Crippen molar-refractivity contribution < 1.29 is 8.42 Å². The first-order valence-electron chi connectivity index (χ1n) is 8.00. The Hall–Kier alpha value is -2.02. The molecular formula is C19H20N2O2S2. The van der Waals surface area contributed by atoms with Crippen LogP contribution in [0.2, 0.25) is 0 Å². The van der Waals surface area contributed by atoms with Crippen LogP contribution in [0.15, 0.2) is 70.6 Å². The second-order valence-corrected chi connectivity index (χ2v) is 9.15. The zero-order valence-corrected chi connectivity index (χ0v) is 15.8. The molecule has 0 spiro atoms. The number of hydrogen-bond acceptors (Lipinski definition) is 4. The van der Waals surface area contributed by atoms with Crippen LogP contribution in [0.3, 0.4) is 0 Å². The average molecular weight is 373 g/mol. The lowest BCUT2D eigenvalue weighted by molar-refractivity contribution is 0.437. The summed E-state index contributed by atoms with van der Waals surface area (Å²) in [4.78, 5) is 4.34. The Morgan fingerprint density at radius 1 is 1.08 bits per heavy atom. The maximum Gasteiger partial charge on any atom is 0.271 e. The van der Waals surface area contributed by atoms with E-state index in [1.165, 1.54) is 15.6 Å². The van der Waals surface area contributed by atoms with Gasteiger partial charge < -0.3 is 0 Å². The van der Waals surface area contributed by atoms with Gasteiger partial charge in [-0.25, -0.2) is 13.4 Å². The maximum atomic E-state index is 13.2. The number of hydrogen-bond donors (Lipinski definition) is 0. The van der Waals surface area contributed by atoms with Crippen molar-refractivity contribution in [1.29, 1.82) is 0 Å². The Morgan fingerprint density at radius 2 is 1.76 bits per heavy atom.